The van der Waals surface area contributed by atoms with Crippen LogP contribution in [-0.2, 0) is 11.2 Å². The fraction of sp³-hybridized carbons (Fsp3) is 0.733. The van der Waals surface area contributed by atoms with E-state index in [1.165, 1.54) is 0 Å². The summed E-state index contributed by atoms with van der Waals surface area (Å²) in [6.07, 6.45) is 3.99. The fourth-order valence-corrected chi connectivity index (χ4v) is 2.60. The van der Waals surface area contributed by atoms with E-state index in [-0.39, 0.29) is 17.4 Å². The SMILES string of the molecule is CCCc1cc(C2CCCN2C(=O)C(C)(C)C)no1. The normalized spacial score (nSPS) is 20.0. The fourth-order valence-electron chi connectivity index (χ4n) is 2.60. The van der Waals surface area contributed by atoms with Gasteiger partial charge in [0, 0.05) is 24.4 Å². The van der Waals surface area contributed by atoms with Crippen LogP contribution in [0.25, 0.3) is 0 Å². The number of likely N-dealkylation sites (tertiary alicyclic amines) is 1. The Morgan fingerprint density at radius 2 is 2.26 bits per heavy atom. The molecule has 106 valence electrons. The predicted molar refractivity (Wildman–Crippen MR) is 73.6 cm³/mol. The van der Waals surface area contributed by atoms with Crippen molar-refractivity contribution < 1.29 is 9.32 Å². The maximum atomic E-state index is 12.5. The molecule has 1 atom stereocenters. The van der Waals surface area contributed by atoms with Crippen molar-refractivity contribution in [3.8, 4) is 0 Å². The molecule has 0 aliphatic carbocycles. The molecule has 4 nitrogen and oxygen atoms in total. The molecule has 1 fully saturated rings. The summed E-state index contributed by atoms with van der Waals surface area (Å²) < 4.78 is 5.34. The number of rotatable bonds is 3. The van der Waals surface area contributed by atoms with E-state index in [2.05, 4.69) is 12.1 Å². The van der Waals surface area contributed by atoms with Crippen LogP contribution in [0.3, 0.4) is 0 Å². The monoisotopic (exact) mass is 264 g/mol. The Morgan fingerprint density at radius 1 is 1.53 bits per heavy atom. The number of aromatic nitrogens is 1. The number of nitrogens with zero attached hydrogens (tertiary/aromatic N) is 2. The number of carbonyl (C=O) groups is 1. The molecule has 2 heterocycles. The molecule has 1 saturated heterocycles. The first-order chi connectivity index (χ1) is 8.93. The van der Waals surface area contributed by atoms with Crippen molar-refractivity contribution in [2.45, 2.75) is 59.4 Å². The number of carbonyl (C=O) groups excluding carboxylic acids is 1. The first-order valence-corrected chi connectivity index (χ1v) is 7.20. The van der Waals surface area contributed by atoms with Crippen molar-refractivity contribution in [1.82, 2.24) is 10.1 Å². The van der Waals surface area contributed by atoms with Gasteiger partial charge in [-0.05, 0) is 19.3 Å². The van der Waals surface area contributed by atoms with Gasteiger partial charge in [-0.3, -0.25) is 4.79 Å². The molecule has 0 aromatic carbocycles. The zero-order chi connectivity index (χ0) is 14.0. The van der Waals surface area contributed by atoms with E-state index in [1.807, 2.05) is 31.7 Å². The summed E-state index contributed by atoms with van der Waals surface area (Å²) in [7, 11) is 0. The third kappa shape index (κ3) is 2.99. The molecule has 2 rings (SSSR count). The van der Waals surface area contributed by atoms with Crippen LogP contribution >= 0.6 is 0 Å². The van der Waals surface area contributed by atoms with Gasteiger partial charge in [-0.2, -0.15) is 0 Å². The van der Waals surface area contributed by atoms with Crippen LogP contribution in [-0.4, -0.2) is 22.5 Å². The van der Waals surface area contributed by atoms with Crippen molar-refractivity contribution in [1.29, 1.82) is 0 Å². The number of amides is 1. The summed E-state index contributed by atoms with van der Waals surface area (Å²) in [5.74, 6) is 1.13. The van der Waals surface area contributed by atoms with Crippen LogP contribution in [0.15, 0.2) is 10.6 Å². The van der Waals surface area contributed by atoms with Crippen LogP contribution in [0.5, 0.6) is 0 Å². The minimum Gasteiger partial charge on any atom is -0.361 e. The summed E-state index contributed by atoms with van der Waals surface area (Å²) in [5, 5.41) is 4.16. The van der Waals surface area contributed by atoms with Gasteiger partial charge < -0.3 is 9.42 Å². The van der Waals surface area contributed by atoms with Gasteiger partial charge in [0.1, 0.15) is 11.5 Å². The molecule has 0 N–H and O–H groups in total. The molecule has 1 aromatic rings. The van der Waals surface area contributed by atoms with E-state index in [0.717, 1.165) is 43.7 Å². The molecule has 1 aromatic heterocycles. The zero-order valence-electron chi connectivity index (χ0n) is 12.4. The second-order valence-corrected chi connectivity index (χ2v) is 6.37. The Labute approximate surface area is 115 Å². The quantitative estimate of drug-likeness (QED) is 0.841. The number of aryl methyl sites for hydroxylation is 1. The van der Waals surface area contributed by atoms with E-state index >= 15 is 0 Å². The van der Waals surface area contributed by atoms with Crippen molar-refractivity contribution in [2.75, 3.05) is 6.54 Å². The van der Waals surface area contributed by atoms with Crippen LogP contribution < -0.4 is 0 Å². The van der Waals surface area contributed by atoms with E-state index in [9.17, 15) is 4.79 Å². The lowest BCUT2D eigenvalue weighted by Crippen LogP contribution is -2.39. The molecule has 0 saturated carbocycles. The Balaban J connectivity index is 2.16. The zero-order valence-corrected chi connectivity index (χ0v) is 12.4. The molecule has 0 bridgehead atoms. The molecule has 0 spiro atoms. The molecular formula is C15H24N2O2. The maximum Gasteiger partial charge on any atom is 0.228 e. The molecular weight excluding hydrogens is 240 g/mol. The van der Waals surface area contributed by atoms with E-state index in [1.54, 1.807) is 0 Å². The van der Waals surface area contributed by atoms with Crippen molar-refractivity contribution in [3.63, 3.8) is 0 Å². The van der Waals surface area contributed by atoms with Crippen LogP contribution in [0.1, 0.15) is 64.5 Å². The van der Waals surface area contributed by atoms with Crippen molar-refractivity contribution in [3.05, 3.63) is 17.5 Å². The topological polar surface area (TPSA) is 46.3 Å². The molecule has 0 radical (unpaired) electrons. The first-order valence-electron chi connectivity index (χ1n) is 7.20. The average Bonchev–Trinajstić information content (AvgIpc) is 2.94. The highest BCUT2D eigenvalue weighted by Gasteiger charge is 2.37. The highest BCUT2D eigenvalue weighted by molar-refractivity contribution is 5.82. The summed E-state index contributed by atoms with van der Waals surface area (Å²) >= 11 is 0. The van der Waals surface area contributed by atoms with Crippen LogP contribution in [0, 0.1) is 5.41 Å². The Bertz CT molecular complexity index is 445. The van der Waals surface area contributed by atoms with E-state index in [4.69, 9.17) is 4.52 Å². The summed E-state index contributed by atoms with van der Waals surface area (Å²) in [6, 6.07) is 2.11. The minimum atomic E-state index is -0.335. The van der Waals surface area contributed by atoms with E-state index < -0.39 is 0 Å². The number of hydrogen-bond donors (Lipinski definition) is 0. The van der Waals surface area contributed by atoms with Crippen LogP contribution in [0.2, 0.25) is 0 Å². The molecule has 1 unspecified atom stereocenters. The van der Waals surface area contributed by atoms with Crippen LogP contribution in [0.4, 0.5) is 0 Å². The third-order valence-electron chi connectivity index (χ3n) is 3.57. The highest BCUT2D eigenvalue weighted by atomic mass is 16.5. The standard InChI is InChI=1S/C15H24N2O2/c1-5-7-11-10-12(16-19-11)13-8-6-9-17(13)14(18)15(2,3)4/h10,13H,5-9H2,1-4H3. The summed E-state index contributed by atoms with van der Waals surface area (Å²) in [5.41, 5.74) is 0.581. The van der Waals surface area contributed by atoms with E-state index in [0.29, 0.717) is 0 Å². The van der Waals surface area contributed by atoms with Gasteiger partial charge in [-0.15, -0.1) is 0 Å². The lowest BCUT2D eigenvalue weighted by atomic mass is 9.94. The third-order valence-corrected chi connectivity index (χ3v) is 3.57. The van der Waals surface area contributed by atoms with Gasteiger partial charge in [0.05, 0.1) is 6.04 Å². The first kappa shape index (κ1) is 14.1. The number of hydrogen-bond acceptors (Lipinski definition) is 3. The molecule has 1 aliphatic heterocycles. The lowest BCUT2D eigenvalue weighted by molar-refractivity contribution is -0.140. The van der Waals surface area contributed by atoms with Crippen molar-refractivity contribution in [2.24, 2.45) is 5.41 Å². The van der Waals surface area contributed by atoms with Crippen molar-refractivity contribution >= 4 is 5.91 Å². The average molecular weight is 264 g/mol. The lowest BCUT2D eigenvalue weighted by Gasteiger charge is -2.29. The van der Waals surface area contributed by atoms with Gasteiger partial charge in [0.2, 0.25) is 5.91 Å². The Hall–Kier alpha value is -1.32. The molecule has 1 aliphatic rings. The Morgan fingerprint density at radius 3 is 2.89 bits per heavy atom. The second-order valence-electron chi connectivity index (χ2n) is 6.37. The van der Waals surface area contributed by atoms with Gasteiger partial charge in [-0.25, -0.2) is 0 Å². The summed E-state index contributed by atoms with van der Waals surface area (Å²) in [4.78, 5) is 14.4. The predicted octanol–water partition coefficient (Wildman–Crippen LogP) is 3.34. The van der Waals surface area contributed by atoms with Gasteiger partial charge in [-0.1, -0.05) is 32.9 Å². The largest absolute Gasteiger partial charge is 0.361 e. The van der Waals surface area contributed by atoms with Gasteiger partial charge in [0.25, 0.3) is 0 Å². The second kappa shape index (κ2) is 5.35. The smallest absolute Gasteiger partial charge is 0.228 e. The van der Waals surface area contributed by atoms with Gasteiger partial charge in [0.15, 0.2) is 0 Å². The maximum absolute atomic E-state index is 12.5. The molecule has 4 heteroatoms. The Kier molecular flexibility index (Phi) is 3.97. The molecule has 19 heavy (non-hydrogen) atoms. The van der Waals surface area contributed by atoms with Gasteiger partial charge >= 0.3 is 0 Å². The highest BCUT2D eigenvalue weighted by Crippen LogP contribution is 2.35. The molecule has 1 amide bonds. The minimum absolute atomic E-state index is 0.0982. The summed E-state index contributed by atoms with van der Waals surface area (Å²) in [6.45, 7) is 8.85.